The van der Waals surface area contributed by atoms with E-state index in [-0.39, 0.29) is 6.04 Å². The number of benzene rings is 1. The summed E-state index contributed by atoms with van der Waals surface area (Å²) >= 11 is 5.78. The molecule has 0 spiro atoms. The molecule has 2 aromatic rings. The van der Waals surface area contributed by atoms with E-state index >= 15 is 0 Å². The summed E-state index contributed by atoms with van der Waals surface area (Å²) in [5.74, 6) is 0.772. The first-order valence-corrected chi connectivity index (χ1v) is 5.80. The molecule has 0 radical (unpaired) electrons. The maximum atomic E-state index is 5.78. The highest BCUT2D eigenvalue weighted by Crippen LogP contribution is 2.18. The normalized spacial score (nSPS) is 12.1. The lowest BCUT2D eigenvalue weighted by Gasteiger charge is -2.17. The van der Waals surface area contributed by atoms with Crippen molar-refractivity contribution in [3.63, 3.8) is 0 Å². The molecule has 1 atom stereocenters. The first-order valence-electron chi connectivity index (χ1n) is 5.42. The molecular formula is C13H14ClN3. The summed E-state index contributed by atoms with van der Waals surface area (Å²) in [6.07, 6.45) is 1.61. The highest BCUT2D eigenvalue weighted by molar-refractivity contribution is 6.30. The zero-order valence-corrected chi connectivity index (χ0v) is 10.1. The molecule has 1 aromatic carbocycles. The third-order valence-electron chi connectivity index (χ3n) is 2.49. The maximum Gasteiger partial charge on any atom is 0.126 e. The zero-order chi connectivity index (χ0) is 12.1. The van der Waals surface area contributed by atoms with Gasteiger partial charge in [-0.15, -0.1) is 0 Å². The van der Waals surface area contributed by atoms with Crippen LogP contribution < -0.4 is 11.1 Å². The molecular weight excluding hydrogens is 234 g/mol. The van der Waals surface area contributed by atoms with Crippen molar-refractivity contribution in [3.05, 3.63) is 59.2 Å². The third kappa shape index (κ3) is 3.19. The molecule has 0 saturated carbocycles. The van der Waals surface area contributed by atoms with Gasteiger partial charge in [-0.3, -0.25) is 0 Å². The summed E-state index contributed by atoms with van der Waals surface area (Å²) in [4.78, 5) is 4.19. The number of hydrogen-bond acceptors (Lipinski definition) is 3. The molecule has 4 heteroatoms. The van der Waals surface area contributed by atoms with Crippen molar-refractivity contribution < 1.29 is 0 Å². The molecule has 2 rings (SSSR count). The standard InChI is InChI=1S/C13H14ClN3/c14-11-6-7-13(16-9-11)17-12(8-15)10-4-2-1-3-5-10/h1-7,9,12H,8,15H2,(H,16,17). The lowest BCUT2D eigenvalue weighted by molar-refractivity contribution is 0.784. The smallest absolute Gasteiger partial charge is 0.126 e. The van der Waals surface area contributed by atoms with E-state index in [1.165, 1.54) is 0 Å². The molecule has 88 valence electrons. The molecule has 17 heavy (non-hydrogen) atoms. The van der Waals surface area contributed by atoms with E-state index in [9.17, 15) is 0 Å². The van der Waals surface area contributed by atoms with Gasteiger partial charge >= 0.3 is 0 Å². The van der Waals surface area contributed by atoms with Crippen molar-refractivity contribution in [1.82, 2.24) is 4.98 Å². The second-order valence-electron chi connectivity index (χ2n) is 3.70. The molecule has 1 heterocycles. The number of aromatic nitrogens is 1. The molecule has 3 N–H and O–H groups in total. The number of hydrogen-bond donors (Lipinski definition) is 2. The van der Waals surface area contributed by atoms with E-state index < -0.39 is 0 Å². The zero-order valence-electron chi connectivity index (χ0n) is 9.31. The van der Waals surface area contributed by atoms with Crippen LogP contribution in [0.5, 0.6) is 0 Å². The topological polar surface area (TPSA) is 50.9 Å². The SMILES string of the molecule is NCC(Nc1ccc(Cl)cn1)c1ccccc1. The minimum Gasteiger partial charge on any atom is -0.362 e. The Kier molecular flexibility index (Phi) is 3.96. The average molecular weight is 248 g/mol. The van der Waals surface area contributed by atoms with Crippen molar-refractivity contribution in [2.75, 3.05) is 11.9 Å². The number of nitrogens with zero attached hydrogens (tertiary/aromatic N) is 1. The van der Waals surface area contributed by atoms with Gasteiger partial charge in [-0.25, -0.2) is 4.98 Å². The molecule has 0 aliphatic rings. The highest BCUT2D eigenvalue weighted by Gasteiger charge is 2.08. The van der Waals surface area contributed by atoms with E-state index in [1.807, 2.05) is 36.4 Å². The van der Waals surface area contributed by atoms with Crippen LogP contribution in [0.1, 0.15) is 11.6 Å². The second kappa shape index (κ2) is 5.66. The summed E-state index contributed by atoms with van der Waals surface area (Å²) in [6.45, 7) is 0.508. The van der Waals surface area contributed by atoms with E-state index in [0.717, 1.165) is 11.4 Å². The molecule has 0 bridgehead atoms. The summed E-state index contributed by atoms with van der Waals surface area (Å²) in [5.41, 5.74) is 6.91. The largest absolute Gasteiger partial charge is 0.362 e. The van der Waals surface area contributed by atoms with Gasteiger partial charge in [-0.2, -0.15) is 0 Å². The van der Waals surface area contributed by atoms with Crippen LogP contribution >= 0.6 is 11.6 Å². The van der Waals surface area contributed by atoms with Gasteiger partial charge < -0.3 is 11.1 Å². The molecule has 1 unspecified atom stereocenters. The summed E-state index contributed by atoms with van der Waals surface area (Å²) < 4.78 is 0. The van der Waals surface area contributed by atoms with Crippen LogP contribution in [0.3, 0.4) is 0 Å². The Morgan fingerprint density at radius 3 is 2.53 bits per heavy atom. The molecule has 0 aliphatic carbocycles. The Bertz CT molecular complexity index is 456. The van der Waals surface area contributed by atoms with Gasteiger partial charge in [-0.1, -0.05) is 41.9 Å². The predicted molar refractivity (Wildman–Crippen MR) is 71.1 cm³/mol. The second-order valence-corrected chi connectivity index (χ2v) is 4.14. The van der Waals surface area contributed by atoms with Crippen molar-refractivity contribution >= 4 is 17.4 Å². The molecule has 3 nitrogen and oxygen atoms in total. The van der Waals surface area contributed by atoms with Crippen LogP contribution in [-0.2, 0) is 0 Å². The fraction of sp³-hybridized carbons (Fsp3) is 0.154. The minimum absolute atomic E-state index is 0.0601. The van der Waals surface area contributed by atoms with Crippen LogP contribution in [0.15, 0.2) is 48.7 Å². The number of anilines is 1. The van der Waals surface area contributed by atoms with Gasteiger partial charge in [0, 0.05) is 12.7 Å². The summed E-state index contributed by atoms with van der Waals surface area (Å²) in [7, 11) is 0. The van der Waals surface area contributed by atoms with E-state index in [0.29, 0.717) is 11.6 Å². The molecule has 0 amide bonds. The molecule has 1 aromatic heterocycles. The fourth-order valence-corrected chi connectivity index (χ4v) is 1.72. The number of pyridine rings is 1. The fourth-order valence-electron chi connectivity index (χ4n) is 1.60. The summed E-state index contributed by atoms with van der Waals surface area (Å²) in [6, 6.07) is 13.8. The summed E-state index contributed by atoms with van der Waals surface area (Å²) in [5, 5.41) is 3.90. The van der Waals surface area contributed by atoms with Gasteiger partial charge in [-0.05, 0) is 17.7 Å². The number of nitrogens with two attached hydrogens (primary N) is 1. The van der Waals surface area contributed by atoms with Crippen LogP contribution in [0, 0.1) is 0 Å². The molecule has 0 saturated heterocycles. The van der Waals surface area contributed by atoms with Gasteiger partial charge in [0.1, 0.15) is 5.82 Å². The number of rotatable bonds is 4. The number of nitrogens with one attached hydrogen (secondary N) is 1. The van der Waals surface area contributed by atoms with Crippen molar-refractivity contribution in [3.8, 4) is 0 Å². The van der Waals surface area contributed by atoms with Gasteiger partial charge in [0.05, 0.1) is 11.1 Å². The Balaban J connectivity index is 2.13. The van der Waals surface area contributed by atoms with E-state index in [1.54, 1.807) is 12.3 Å². The lowest BCUT2D eigenvalue weighted by Crippen LogP contribution is -2.20. The first kappa shape index (κ1) is 11.9. The highest BCUT2D eigenvalue weighted by atomic mass is 35.5. The first-order chi connectivity index (χ1) is 8.29. The van der Waals surface area contributed by atoms with Crippen LogP contribution in [0.2, 0.25) is 5.02 Å². The monoisotopic (exact) mass is 247 g/mol. The van der Waals surface area contributed by atoms with E-state index in [2.05, 4.69) is 10.3 Å². The quantitative estimate of drug-likeness (QED) is 0.874. The Morgan fingerprint density at radius 1 is 1.18 bits per heavy atom. The number of halogens is 1. The van der Waals surface area contributed by atoms with E-state index in [4.69, 9.17) is 17.3 Å². The maximum absolute atomic E-state index is 5.78. The average Bonchev–Trinajstić information content (AvgIpc) is 2.39. The Labute approximate surface area is 106 Å². The van der Waals surface area contributed by atoms with Gasteiger partial charge in [0.25, 0.3) is 0 Å². The Hall–Kier alpha value is -1.58. The third-order valence-corrected chi connectivity index (χ3v) is 2.71. The van der Waals surface area contributed by atoms with Crippen molar-refractivity contribution in [2.45, 2.75) is 6.04 Å². The Morgan fingerprint density at radius 2 is 1.94 bits per heavy atom. The molecule has 0 aliphatic heterocycles. The van der Waals surface area contributed by atoms with Crippen molar-refractivity contribution in [2.24, 2.45) is 5.73 Å². The minimum atomic E-state index is 0.0601. The van der Waals surface area contributed by atoms with Crippen LogP contribution in [0.4, 0.5) is 5.82 Å². The van der Waals surface area contributed by atoms with Crippen LogP contribution in [0.25, 0.3) is 0 Å². The lowest BCUT2D eigenvalue weighted by atomic mass is 10.1. The van der Waals surface area contributed by atoms with Crippen LogP contribution in [-0.4, -0.2) is 11.5 Å². The predicted octanol–water partition coefficient (Wildman–Crippen LogP) is 2.85. The molecule has 0 fully saturated rings. The van der Waals surface area contributed by atoms with Gasteiger partial charge in [0.2, 0.25) is 0 Å². The van der Waals surface area contributed by atoms with Crippen molar-refractivity contribution in [1.29, 1.82) is 0 Å². The van der Waals surface area contributed by atoms with Gasteiger partial charge in [0.15, 0.2) is 0 Å².